The molecule has 0 heterocycles. The van der Waals surface area contributed by atoms with Crippen molar-refractivity contribution in [2.75, 3.05) is 5.73 Å². The lowest BCUT2D eigenvalue weighted by Gasteiger charge is -1.96. The van der Waals surface area contributed by atoms with Gasteiger partial charge in [-0.1, -0.05) is 39.8 Å². The van der Waals surface area contributed by atoms with E-state index in [1.165, 1.54) is 0 Å². The number of hydrogen-bond donors (Lipinski definition) is 2. The highest BCUT2D eigenvalue weighted by atomic mass is 16.4. The number of rotatable bonds is 2. The minimum atomic E-state index is -0.824. The molecular formula is C12H21NO2. The summed E-state index contributed by atoms with van der Waals surface area (Å²) in [6.45, 7) is 8.00. The molecule has 0 amide bonds. The first kappa shape index (κ1) is 15.9. The maximum Gasteiger partial charge on any atom is 0.307 e. The highest BCUT2D eigenvalue weighted by Crippen LogP contribution is 2.05. The van der Waals surface area contributed by atoms with Gasteiger partial charge in [0.1, 0.15) is 0 Å². The van der Waals surface area contributed by atoms with E-state index in [0.717, 1.165) is 5.56 Å². The predicted octanol–water partition coefficient (Wildman–Crippen LogP) is 2.95. The number of carboxylic acid groups (broad SMARTS) is 1. The maximum absolute atomic E-state index is 10.2. The minimum Gasteiger partial charge on any atom is -0.481 e. The molecule has 1 rings (SSSR count). The second kappa shape index (κ2) is 10.6. The third-order valence-corrected chi connectivity index (χ3v) is 1.34. The summed E-state index contributed by atoms with van der Waals surface area (Å²) < 4.78 is 0. The molecule has 15 heavy (non-hydrogen) atoms. The third-order valence-electron chi connectivity index (χ3n) is 1.34. The number of nitrogen functional groups attached to an aromatic ring is 1. The Balaban J connectivity index is 0. The van der Waals surface area contributed by atoms with Crippen molar-refractivity contribution in [2.45, 2.75) is 34.1 Å². The van der Waals surface area contributed by atoms with E-state index >= 15 is 0 Å². The van der Waals surface area contributed by atoms with Crippen LogP contribution in [0.25, 0.3) is 0 Å². The van der Waals surface area contributed by atoms with E-state index in [1.54, 1.807) is 24.3 Å². The van der Waals surface area contributed by atoms with Gasteiger partial charge in [-0.3, -0.25) is 4.79 Å². The Morgan fingerprint density at radius 3 is 1.87 bits per heavy atom. The van der Waals surface area contributed by atoms with E-state index in [-0.39, 0.29) is 6.42 Å². The van der Waals surface area contributed by atoms with Crippen LogP contribution in [0, 0.1) is 0 Å². The van der Waals surface area contributed by atoms with Gasteiger partial charge in [0, 0.05) is 5.69 Å². The summed E-state index contributed by atoms with van der Waals surface area (Å²) in [5, 5.41) is 8.40. The molecule has 0 radical (unpaired) electrons. The smallest absolute Gasteiger partial charge is 0.307 e. The SMILES string of the molecule is CC.CC.Nc1ccc(CC(=O)O)cc1. The van der Waals surface area contributed by atoms with Gasteiger partial charge in [-0.25, -0.2) is 0 Å². The second-order valence-electron chi connectivity index (χ2n) is 2.31. The van der Waals surface area contributed by atoms with Crippen LogP contribution in [-0.2, 0) is 11.2 Å². The Morgan fingerprint density at radius 1 is 1.13 bits per heavy atom. The lowest BCUT2D eigenvalue weighted by molar-refractivity contribution is -0.136. The van der Waals surface area contributed by atoms with E-state index in [0.29, 0.717) is 5.69 Å². The van der Waals surface area contributed by atoms with Crippen molar-refractivity contribution in [2.24, 2.45) is 0 Å². The van der Waals surface area contributed by atoms with Gasteiger partial charge >= 0.3 is 5.97 Å². The fraction of sp³-hybridized carbons (Fsp3) is 0.417. The Morgan fingerprint density at radius 2 is 1.53 bits per heavy atom. The van der Waals surface area contributed by atoms with Crippen molar-refractivity contribution >= 4 is 11.7 Å². The van der Waals surface area contributed by atoms with E-state index in [9.17, 15) is 4.79 Å². The van der Waals surface area contributed by atoms with Gasteiger partial charge in [-0.05, 0) is 17.7 Å². The molecule has 0 spiro atoms. The van der Waals surface area contributed by atoms with Crippen LogP contribution in [0.2, 0.25) is 0 Å². The first-order valence-corrected chi connectivity index (χ1v) is 5.24. The van der Waals surface area contributed by atoms with E-state index in [4.69, 9.17) is 10.8 Å². The molecule has 1 aromatic carbocycles. The summed E-state index contributed by atoms with van der Waals surface area (Å²) in [6.07, 6.45) is 0.0558. The Labute approximate surface area is 91.9 Å². The normalized spacial score (nSPS) is 7.73. The monoisotopic (exact) mass is 211 g/mol. The molecule has 0 fully saturated rings. The summed E-state index contributed by atoms with van der Waals surface area (Å²) in [7, 11) is 0. The van der Waals surface area contributed by atoms with E-state index < -0.39 is 5.97 Å². The first-order chi connectivity index (χ1) is 7.18. The fourth-order valence-corrected chi connectivity index (χ4v) is 0.810. The number of aliphatic carboxylic acids is 1. The highest BCUT2D eigenvalue weighted by Gasteiger charge is 1.98. The van der Waals surface area contributed by atoms with Crippen molar-refractivity contribution in [1.82, 2.24) is 0 Å². The standard InChI is InChI=1S/C8H9NO2.2C2H6/c9-7-3-1-6(2-4-7)5-8(10)11;2*1-2/h1-4H,5,9H2,(H,10,11);2*1-2H3. The summed E-state index contributed by atoms with van der Waals surface area (Å²) in [5.74, 6) is -0.824. The molecule has 0 saturated heterocycles. The number of hydrogen-bond acceptors (Lipinski definition) is 2. The van der Waals surface area contributed by atoms with Crippen LogP contribution < -0.4 is 5.73 Å². The van der Waals surface area contributed by atoms with Gasteiger partial charge in [0.2, 0.25) is 0 Å². The van der Waals surface area contributed by atoms with Crippen LogP contribution >= 0.6 is 0 Å². The third kappa shape index (κ3) is 8.81. The Hall–Kier alpha value is -1.51. The molecule has 0 unspecified atom stereocenters. The Kier molecular flexibility index (Phi) is 11.2. The van der Waals surface area contributed by atoms with Gasteiger partial charge in [-0.2, -0.15) is 0 Å². The van der Waals surface area contributed by atoms with Crippen molar-refractivity contribution < 1.29 is 9.90 Å². The molecule has 0 saturated carbocycles. The van der Waals surface area contributed by atoms with Crippen LogP contribution in [0.3, 0.4) is 0 Å². The van der Waals surface area contributed by atoms with Gasteiger partial charge in [-0.15, -0.1) is 0 Å². The van der Waals surface area contributed by atoms with Gasteiger partial charge in [0.15, 0.2) is 0 Å². The lowest BCUT2D eigenvalue weighted by atomic mass is 10.1. The second-order valence-corrected chi connectivity index (χ2v) is 2.31. The topological polar surface area (TPSA) is 63.3 Å². The maximum atomic E-state index is 10.2. The van der Waals surface area contributed by atoms with E-state index in [1.807, 2.05) is 27.7 Å². The molecular weight excluding hydrogens is 190 g/mol. The lowest BCUT2D eigenvalue weighted by Crippen LogP contribution is -1.99. The summed E-state index contributed by atoms with van der Waals surface area (Å²) >= 11 is 0. The first-order valence-electron chi connectivity index (χ1n) is 5.24. The highest BCUT2D eigenvalue weighted by molar-refractivity contribution is 5.70. The fourth-order valence-electron chi connectivity index (χ4n) is 0.810. The zero-order valence-corrected chi connectivity index (χ0v) is 9.95. The number of carboxylic acids is 1. The molecule has 3 N–H and O–H groups in total. The summed E-state index contributed by atoms with van der Waals surface area (Å²) in [5.41, 5.74) is 6.83. The Bertz CT molecular complexity index is 255. The average molecular weight is 211 g/mol. The molecule has 3 heteroatoms. The van der Waals surface area contributed by atoms with Crippen LogP contribution in [0.5, 0.6) is 0 Å². The number of anilines is 1. The molecule has 0 aliphatic rings. The van der Waals surface area contributed by atoms with Gasteiger partial charge in [0.25, 0.3) is 0 Å². The zero-order chi connectivity index (χ0) is 12.3. The van der Waals surface area contributed by atoms with Crippen molar-refractivity contribution in [3.05, 3.63) is 29.8 Å². The minimum absolute atomic E-state index is 0.0558. The summed E-state index contributed by atoms with van der Waals surface area (Å²) in [4.78, 5) is 10.2. The molecule has 86 valence electrons. The number of nitrogens with two attached hydrogens (primary N) is 1. The quantitative estimate of drug-likeness (QED) is 0.739. The van der Waals surface area contributed by atoms with Crippen LogP contribution in [0.15, 0.2) is 24.3 Å². The average Bonchev–Trinajstić information content (AvgIpc) is 2.27. The molecule has 0 aliphatic heterocycles. The molecule has 1 aromatic rings. The largest absolute Gasteiger partial charge is 0.481 e. The van der Waals surface area contributed by atoms with Crippen LogP contribution in [0.1, 0.15) is 33.3 Å². The molecule has 0 aliphatic carbocycles. The molecule has 0 atom stereocenters. The summed E-state index contributed by atoms with van der Waals surface area (Å²) in [6, 6.07) is 6.81. The van der Waals surface area contributed by atoms with Crippen molar-refractivity contribution in [3.63, 3.8) is 0 Å². The van der Waals surface area contributed by atoms with Crippen molar-refractivity contribution in [3.8, 4) is 0 Å². The van der Waals surface area contributed by atoms with Gasteiger partial charge in [0.05, 0.1) is 6.42 Å². The van der Waals surface area contributed by atoms with Crippen molar-refractivity contribution in [1.29, 1.82) is 0 Å². The predicted molar refractivity (Wildman–Crippen MR) is 64.9 cm³/mol. The van der Waals surface area contributed by atoms with E-state index in [2.05, 4.69) is 0 Å². The molecule has 0 aromatic heterocycles. The number of carbonyl (C=O) groups is 1. The molecule has 0 bridgehead atoms. The molecule has 3 nitrogen and oxygen atoms in total. The number of benzene rings is 1. The van der Waals surface area contributed by atoms with Crippen LogP contribution in [0.4, 0.5) is 5.69 Å². The van der Waals surface area contributed by atoms with Crippen LogP contribution in [-0.4, -0.2) is 11.1 Å². The zero-order valence-electron chi connectivity index (χ0n) is 9.95. The van der Waals surface area contributed by atoms with Gasteiger partial charge < -0.3 is 10.8 Å².